The van der Waals surface area contributed by atoms with E-state index in [4.69, 9.17) is 5.73 Å². The zero-order valence-corrected chi connectivity index (χ0v) is 10.3. The fourth-order valence-electron chi connectivity index (χ4n) is 2.43. The van der Waals surface area contributed by atoms with Crippen molar-refractivity contribution < 1.29 is 0 Å². The Morgan fingerprint density at radius 3 is 3.00 bits per heavy atom. The lowest BCUT2D eigenvalue weighted by Gasteiger charge is -2.19. The van der Waals surface area contributed by atoms with E-state index in [9.17, 15) is 0 Å². The van der Waals surface area contributed by atoms with Gasteiger partial charge in [-0.15, -0.1) is 0 Å². The second kappa shape index (κ2) is 4.97. The molecule has 2 rings (SSSR count). The Labute approximate surface area is 97.4 Å². The minimum absolute atomic E-state index is 0.101. The maximum absolute atomic E-state index is 6.18. The summed E-state index contributed by atoms with van der Waals surface area (Å²) in [5.41, 5.74) is 7.32. The van der Waals surface area contributed by atoms with Crippen molar-refractivity contribution in [2.75, 3.05) is 19.6 Å². The van der Waals surface area contributed by atoms with Crippen LogP contribution in [0.5, 0.6) is 0 Å². The van der Waals surface area contributed by atoms with Gasteiger partial charge in [0.05, 0.1) is 6.20 Å². The van der Waals surface area contributed by atoms with Crippen LogP contribution in [-0.2, 0) is 7.05 Å². The number of hydrogen-bond donors (Lipinski definition) is 1. The maximum atomic E-state index is 6.18. The van der Waals surface area contributed by atoms with E-state index in [2.05, 4.69) is 16.9 Å². The van der Waals surface area contributed by atoms with Gasteiger partial charge in [-0.1, -0.05) is 13.3 Å². The van der Waals surface area contributed by atoms with Crippen molar-refractivity contribution in [3.63, 3.8) is 0 Å². The van der Waals surface area contributed by atoms with E-state index in [0.717, 1.165) is 18.0 Å². The molecule has 1 fully saturated rings. The molecule has 0 radical (unpaired) electrons. The number of nitrogens with two attached hydrogens (primary N) is 1. The van der Waals surface area contributed by atoms with Gasteiger partial charge in [-0.05, 0) is 18.9 Å². The maximum Gasteiger partial charge on any atom is 0.0537 e. The highest BCUT2D eigenvalue weighted by atomic mass is 15.2. The molecule has 4 heteroatoms. The molecular formula is C12H22N4. The van der Waals surface area contributed by atoms with E-state index in [1.165, 1.54) is 25.9 Å². The number of likely N-dealkylation sites (tertiary alicyclic amines) is 1. The van der Waals surface area contributed by atoms with E-state index in [1.54, 1.807) is 0 Å². The molecule has 0 amide bonds. The molecule has 0 spiro atoms. The lowest BCUT2D eigenvalue weighted by molar-refractivity contribution is 0.302. The van der Waals surface area contributed by atoms with Crippen molar-refractivity contribution in [3.05, 3.63) is 18.0 Å². The Kier molecular flexibility index (Phi) is 3.61. The predicted molar refractivity (Wildman–Crippen MR) is 65.0 cm³/mol. The van der Waals surface area contributed by atoms with Crippen LogP contribution in [-0.4, -0.2) is 34.3 Å². The second-order valence-electron chi connectivity index (χ2n) is 4.88. The standard InChI is InChI=1S/C12H22N4/c1-3-10-4-5-16(7-10)9-12(13)11-6-14-15(2)8-11/h6,8,10,12H,3-5,7,9,13H2,1-2H3. The first-order valence-electron chi connectivity index (χ1n) is 6.15. The van der Waals surface area contributed by atoms with Gasteiger partial charge in [0.15, 0.2) is 0 Å². The van der Waals surface area contributed by atoms with Gasteiger partial charge in [-0.2, -0.15) is 5.10 Å². The van der Waals surface area contributed by atoms with Crippen LogP contribution < -0.4 is 5.73 Å². The minimum atomic E-state index is 0.101. The Morgan fingerprint density at radius 2 is 2.44 bits per heavy atom. The second-order valence-corrected chi connectivity index (χ2v) is 4.88. The highest BCUT2D eigenvalue weighted by molar-refractivity contribution is 5.10. The van der Waals surface area contributed by atoms with Gasteiger partial charge >= 0.3 is 0 Å². The molecule has 90 valence electrons. The number of aromatic nitrogens is 2. The molecule has 1 aliphatic heterocycles. The van der Waals surface area contributed by atoms with Crippen LogP contribution in [0.3, 0.4) is 0 Å². The number of nitrogens with zero attached hydrogens (tertiary/aromatic N) is 3. The lowest BCUT2D eigenvalue weighted by Crippen LogP contribution is -2.30. The summed E-state index contributed by atoms with van der Waals surface area (Å²) < 4.78 is 1.81. The first kappa shape index (κ1) is 11.6. The normalized spacial score (nSPS) is 23.8. The third-order valence-corrected chi connectivity index (χ3v) is 3.56. The molecule has 0 aromatic carbocycles. The van der Waals surface area contributed by atoms with Crippen molar-refractivity contribution in [3.8, 4) is 0 Å². The summed E-state index contributed by atoms with van der Waals surface area (Å²) in [6.45, 7) is 5.65. The molecule has 4 nitrogen and oxygen atoms in total. The summed E-state index contributed by atoms with van der Waals surface area (Å²) in [7, 11) is 1.93. The van der Waals surface area contributed by atoms with Gasteiger partial charge in [0.2, 0.25) is 0 Å². The van der Waals surface area contributed by atoms with E-state index in [0.29, 0.717) is 0 Å². The fourth-order valence-corrected chi connectivity index (χ4v) is 2.43. The first-order chi connectivity index (χ1) is 7.69. The lowest BCUT2D eigenvalue weighted by atomic mass is 10.1. The van der Waals surface area contributed by atoms with Gasteiger partial charge in [0, 0.05) is 37.9 Å². The van der Waals surface area contributed by atoms with Crippen LogP contribution in [0.1, 0.15) is 31.4 Å². The van der Waals surface area contributed by atoms with Crippen molar-refractivity contribution in [2.24, 2.45) is 18.7 Å². The Hall–Kier alpha value is -0.870. The van der Waals surface area contributed by atoms with E-state index >= 15 is 0 Å². The summed E-state index contributed by atoms with van der Waals surface area (Å²) in [6.07, 6.45) is 6.50. The Balaban J connectivity index is 1.86. The topological polar surface area (TPSA) is 47.1 Å². The molecule has 1 aromatic heterocycles. The number of aryl methyl sites for hydroxylation is 1. The molecule has 1 aliphatic rings. The Morgan fingerprint density at radius 1 is 1.62 bits per heavy atom. The molecule has 1 saturated heterocycles. The zero-order chi connectivity index (χ0) is 11.5. The van der Waals surface area contributed by atoms with Crippen molar-refractivity contribution >= 4 is 0 Å². The highest BCUT2D eigenvalue weighted by Gasteiger charge is 2.22. The minimum Gasteiger partial charge on any atom is -0.323 e. The third kappa shape index (κ3) is 2.62. The summed E-state index contributed by atoms with van der Waals surface area (Å²) >= 11 is 0. The molecule has 2 unspecified atom stereocenters. The quantitative estimate of drug-likeness (QED) is 0.831. The molecule has 1 aromatic rings. The molecule has 16 heavy (non-hydrogen) atoms. The molecular weight excluding hydrogens is 200 g/mol. The average molecular weight is 222 g/mol. The zero-order valence-electron chi connectivity index (χ0n) is 10.3. The van der Waals surface area contributed by atoms with Crippen LogP contribution in [0.15, 0.2) is 12.4 Å². The molecule has 0 aliphatic carbocycles. The van der Waals surface area contributed by atoms with E-state index in [1.807, 2.05) is 24.1 Å². The van der Waals surface area contributed by atoms with Crippen LogP contribution in [0.4, 0.5) is 0 Å². The van der Waals surface area contributed by atoms with Crippen molar-refractivity contribution in [1.82, 2.24) is 14.7 Å². The highest BCUT2D eigenvalue weighted by Crippen LogP contribution is 2.21. The first-order valence-corrected chi connectivity index (χ1v) is 6.15. The largest absolute Gasteiger partial charge is 0.323 e. The van der Waals surface area contributed by atoms with Gasteiger partial charge < -0.3 is 10.6 Å². The number of rotatable bonds is 4. The van der Waals surface area contributed by atoms with Crippen LogP contribution in [0.2, 0.25) is 0 Å². The smallest absolute Gasteiger partial charge is 0.0537 e. The summed E-state index contributed by atoms with van der Waals surface area (Å²) in [5.74, 6) is 0.876. The molecule has 2 heterocycles. The van der Waals surface area contributed by atoms with Crippen molar-refractivity contribution in [2.45, 2.75) is 25.8 Å². The molecule has 0 bridgehead atoms. The predicted octanol–water partition coefficient (Wildman–Crippen LogP) is 1.15. The van der Waals surface area contributed by atoms with Gasteiger partial charge in [-0.25, -0.2) is 0 Å². The van der Waals surface area contributed by atoms with Gasteiger partial charge in [0.1, 0.15) is 0 Å². The van der Waals surface area contributed by atoms with E-state index < -0.39 is 0 Å². The summed E-state index contributed by atoms with van der Waals surface area (Å²) in [4.78, 5) is 2.48. The van der Waals surface area contributed by atoms with Gasteiger partial charge in [-0.3, -0.25) is 4.68 Å². The van der Waals surface area contributed by atoms with Crippen molar-refractivity contribution in [1.29, 1.82) is 0 Å². The molecule has 0 saturated carbocycles. The fraction of sp³-hybridized carbons (Fsp3) is 0.750. The summed E-state index contributed by atoms with van der Waals surface area (Å²) in [6, 6.07) is 0.101. The van der Waals surface area contributed by atoms with Crippen LogP contribution in [0.25, 0.3) is 0 Å². The van der Waals surface area contributed by atoms with E-state index in [-0.39, 0.29) is 6.04 Å². The van der Waals surface area contributed by atoms with Gasteiger partial charge in [0.25, 0.3) is 0 Å². The Bertz CT molecular complexity index is 334. The molecule has 2 N–H and O–H groups in total. The van der Waals surface area contributed by atoms with Crippen LogP contribution >= 0.6 is 0 Å². The van der Waals surface area contributed by atoms with Crippen LogP contribution in [0, 0.1) is 5.92 Å². The average Bonchev–Trinajstić information content (AvgIpc) is 2.87. The molecule has 2 atom stereocenters. The third-order valence-electron chi connectivity index (χ3n) is 3.56. The number of hydrogen-bond acceptors (Lipinski definition) is 3. The summed E-state index contributed by atoms with van der Waals surface area (Å²) in [5, 5.41) is 4.16. The monoisotopic (exact) mass is 222 g/mol. The SMILES string of the molecule is CCC1CCN(CC(N)c2cnn(C)c2)C1.